The van der Waals surface area contributed by atoms with E-state index in [9.17, 15) is 4.79 Å². The Balaban J connectivity index is 0.000000878. The average Bonchev–Trinajstić information content (AvgIpc) is 3.21. The van der Waals surface area contributed by atoms with Crippen molar-refractivity contribution in [2.45, 2.75) is 26.8 Å². The van der Waals surface area contributed by atoms with Gasteiger partial charge >= 0.3 is 0 Å². The number of carbonyl (C=O) groups is 2. The highest BCUT2D eigenvalue weighted by Crippen LogP contribution is 2.20. The molecule has 2 aromatic heterocycles. The first-order chi connectivity index (χ1) is 13.5. The van der Waals surface area contributed by atoms with Crippen molar-refractivity contribution in [1.82, 2.24) is 19.9 Å². The summed E-state index contributed by atoms with van der Waals surface area (Å²) in [4.78, 5) is 34.4. The van der Waals surface area contributed by atoms with Gasteiger partial charge in [0.25, 0.3) is 12.4 Å². The number of amides is 1. The zero-order chi connectivity index (χ0) is 20.5. The Kier molecular flexibility index (Phi) is 7.45. The van der Waals surface area contributed by atoms with Gasteiger partial charge in [0.15, 0.2) is 0 Å². The Morgan fingerprint density at radius 2 is 1.89 bits per heavy atom. The van der Waals surface area contributed by atoms with Gasteiger partial charge in [-0.2, -0.15) is 0 Å². The largest absolute Gasteiger partial charge is 0.483 e. The van der Waals surface area contributed by atoms with Crippen LogP contribution < -0.4 is 0 Å². The minimum absolute atomic E-state index is 0.0333. The number of carboxylic acid groups (broad SMARTS) is 1. The zero-order valence-electron chi connectivity index (χ0n) is 16.2. The van der Waals surface area contributed by atoms with Gasteiger partial charge in [-0.1, -0.05) is 25.1 Å². The van der Waals surface area contributed by atoms with Crippen LogP contribution in [0.25, 0.3) is 11.3 Å². The Morgan fingerprint density at radius 3 is 2.46 bits per heavy atom. The molecule has 0 aliphatic rings. The topological polar surface area (TPSA) is 99.2 Å². The number of hydrogen-bond donors (Lipinski definition) is 2. The van der Waals surface area contributed by atoms with Crippen LogP contribution >= 0.6 is 0 Å². The molecule has 0 fully saturated rings. The number of benzene rings is 1. The Morgan fingerprint density at radius 1 is 1.21 bits per heavy atom. The third-order valence-corrected chi connectivity index (χ3v) is 4.25. The molecular weight excluding hydrogens is 356 g/mol. The maximum Gasteiger partial charge on any atom is 0.290 e. The second-order valence-corrected chi connectivity index (χ2v) is 6.19. The SMILES string of the molecule is CCc1nc(-c2ccc(C(=O)N(C)Cc3ncc[nH]3)cc2)ccc1C.O=CO. The molecule has 0 spiro atoms. The third-order valence-electron chi connectivity index (χ3n) is 4.25. The van der Waals surface area contributed by atoms with Crippen molar-refractivity contribution in [2.24, 2.45) is 0 Å². The summed E-state index contributed by atoms with van der Waals surface area (Å²) in [6.07, 6.45) is 4.34. The molecule has 2 heterocycles. The summed E-state index contributed by atoms with van der Waals surface area (Å²) >= 11 is 0. The molecule has 7 heteroatoms. The van der Waals surface area contributed by atoms with Crippen LogP contribution in [0, 0.1) is 6.92 Å². The van der Waals surface area contributed by atoms with Crippen LogP contribution in [-0.4, -0.2) is 44.4 Å². The van der Waals surface area contributed by atoms with E-state index in [1.807, 2.05) is 30.3 Å². The molecule has 0 radical (unpaired) electrons. The van der Waals surface area contributed by atoms with Gasteiger partial charge in [0, 0.05) is 36.3 Å². The van der Waals surface area contributed by atoms with Gasteiger partial charge < -0.3 is 15.0 Å². The Labute approximate surface area is 164 Å². The van der Waals surface area contributed by atoms with E-state index in [1.54, 1.807) is 24.3 Å². The van der Waals surface area contributed by atoms with Gasteiger partial charge in [0.2, 0.25) is 0 Å². The number of pyridine rings is 1. The van der Waals surface area contributed by atoms with Crippen molar-refractivity contribution in [2.75, 3.05) is 7.05 Å². The number of carbonyl (C=O) groups excluding carboxylic acids is 1. The summed E-state index contributed by atoms with van der Waals surface area (Å²) in [7, 11) is 1.77. The number of aromatic amines is 1. The van der Waals surface area contributed by atoms with Crippen molar-refractivity contribution in [3.05, 3.63) is 71.4 Å². The maximum atomic E-state index is 12.5. The quantitative estimate of drug-likeness (QED) is 0.662. The summed E-state index contributed by atoms with van der Waals surface area (Å²) in [6.45, 7) is 4.38. The number of rotatable bonds is 5. The summed E-state index contributed by atoms with van der Waals surface area (Å²) in [5.74, 6) is 0.734. The molecule has 7 nitrogen and oxygen atoms in total. The lowest BCUT2D eigenvalue weighted by molar-refractivity contribution is -0.122. The number of aryl methyl sites for hydroxylation is 2. The summed E-state index contributed by atoms with van der Waals surface area (Å²) < 4.78 is 0. The Bertz CT molecular complexity index is 906. The van der Waals surface area contributed by atoms with Crippen molar-refractivity contribution in [1.29, 1.82) is 0 Å². The molecule has 1 amide bonds. The van der Waals surface area contributed by atoms with Crippen LogP contribution in [0.3, 0.4) is 0 Å². The fourth-order valence-electron chi connectivity index (χ4n) is 2.77. The molecule has 2 N–H and O–H groups in total. The lowest BCUT2D eigenvalue weighted by Gasteiger charge is -2.16. The zero-order valence-corrected chi connectivity index (χ0v) is 16.2. The van der Waals surface area contributed by atoms with Crippen molar-refractivity contribution >= 4 is 12.4 Å². The molecule has 3 aromatic rings. The second-order valence-electron chi connectivity index (χ2n) is 6.19. The van der Waals surface area contributed by atoms with Crippen LogP contribution in [0.2, 0.25) is 0 Å². The minimum atomic E-state index is -0.250. The number of aromatic nitrogens is 3. The molecule has 0 aliphatic carbocycles. The summed E-state index contributed by atoms with van der Waals surface area (Å²) in [5.41, 5.74) is 4.92. The van der Waals surface area contributed by atoms with E-state index in [1.165, 1.54) is 5.56 Å². The van der Waals surface area contributed by atoms with Gasteiger partial charge in [-0.05, 0) is 37.1 Å². The molecule has 0 saturated carbocycles. The van der Waals surface area contributed by atoms with Crippen LogP contribution in [-0.2, 0) is 17.8 Å². The standard InChI is InChI=1S/C20H22N4O.CH2O2/c1-4-17-14(2)5-10-18(23-17)15-6-8-16(9-7-15)20(25)24(3)13-19-21-11-12-22-19;2-1-3/h5-12H,4,13H2,1-3H3,(H,21,22);1H,(H,2,3). The number of H-pyrrole nitrogens is 1. The van der Waals surface area contributed by atoms with Crippen LogP contribution in [0.4, 0.5) is 0 Å². The predicted molar refractivity (Wildman–Crippen MR) is 107 cm³/mol. The fraction of sp³-hybridized carbons (Fsp3) is 0.238. The van der Waals surface area contributed by atoms with Crippen LogP contribution in [0.5, 0.6) is 0 Å². The highest BCUT2D eigenvalue weighted by molar-refractivity contribution is 5.94. The molecule has 0 atom stereocenters. The van der Waals surface area contributed by atoms with E-state index in [4.69, 9.17) is 14.9 Å². The third kappa shape index (κ3) is 5.26. The van der Waals surface area contributed by atoms with Crippen LogP contribution in [0.1, 0.15) is 34.4 Å². The first-order valence-corrected chi connectivity index (χ1v) is 8.88. The van der Waals surface area contributed by atoms with Crippen molar-refractivity contribution < 1.29 is 14.7 Å². The molecule has 0 unspecified atom stereocenters. The van der Waals surface area contributed by atoms with Gasteiger partial charge in [0.1, 0.15) is 5.82 Å². The molecule has 0 aliphatic heterocycles. The highest BCUT2D eigenvalue weighted by Gasteiger charge is 2.13. The minimum Gasteiger partial charge on any atom is -0.483 e. The molecule has 0 bridgehead atoms. The van der Waals surface area contributed by atoms with Gasteiger partial charge in [-0.3, -0.25) is 14.6 Å². The molecule has 1 aromatic carbocycles. The van der Waals surface area contributed by atoms with E-state index >= 15 is 0 Å². The maximum absolute atomic E-state index is 12.5. The average molecular weight is 380 g/mol. The summed E-state index contributed by atoms with van der Waals surface area (Å²) in [5, 5.41) is 6.89. The monoisotopic (exact) mass is 380 g/mol. The molecular formula is C21H24N4O3. The van der Waals surface area contributed by atoms with E-state index in [2.05, 4.69) is 29.9 Å². The first kappa shape index (κ1) is 20.8. The molecule has 3 rings (SSSR count). The fourth-order valence-corrected chi connectivity index (χ4v) is 2.77. The second kappa shape index (κ2) is 10.0. The van der Waals surface area contributed by atoms with Gasteiger partial charge in [-0.15, -0.1) is 0 Å². The van der Waals surface area contributed by atoms with E-state index in [0.717, 1.165) is 29.2 Å². The normalized spacial score (nSPS) is 9.96. The highest BCUT2D eigenvalue weighted by atomic mass is 16.3. The van der Waals surface area contributed by atoms with Crippen molar-refractivity contribution in [3.8, 4) is 11.3 Å². The van der Waals surface area contributed by atoms with E-state index in [-0.39, 0.29) is 12.4 Å². The molecule has 0 saturated heterocycles. The van der Waals surface area contributed by atoms with Crippen molar-refractivity contribution in [3.63, 3.8) is 0 Å². The first-order valence-electron chi connectivity index (χ1n) is 8.88. The number of nitrogens with zero attached hydrogens (tertiary/aromatic N) is 3. The molecule has 28 heavy (non-hydrogen) atoms. The molecule has 146 valence electrons. The number of hydrogen-bond acceptors (Lipinski definition) is 4. The Hall–Kier alpha value is -3.48. The van der Waals surface area contributed by atoms with E-state index in [0.29, 0.717) is 12.1 Å². The van der Waals surface area contributed by atoms with Crippen LogP contribution in [0.15, 0.2) is 48.8 Å². The summed E-state index contributed by atoms with van der Waals surface area (Å²) in [6, 6.07) is 11.7. The smallest absolute Gasteiger partial charge is 0.290 e. The van der Waals surface area contributed by atoms with Gasteiger partial charge in [0.05, 0.1) is 12.2 Å². The van der Waals surface area contributed by atoms with Gasteiger partial charge in [-0.25, -0.2) is 4.98 Å². The predicted octanol–water partition coefficient (Wildman–Crippen LogP) is 3.32. The van der Waals surface area contributed by atoms with E-state index < -0.39 is 0 Å². The lowest BCUT2D eigenvalue weighted by atomic mass is 10.1. The number of imidazole rings is 1. The number of nitrogens with one attached hydrogen (secondary N) is 1. The lowest BCUT2D eigenvalue weighted by Crippen LogP contribution is -2.26.